The number of nitrogen functional groups attached to an aromatic ring is 1. The maximum atomic E-state index is 13.0. The predicted octanol–water partition coefficient (Wildman–Crippen LogP) is 3.70. The zero-order valence-corrected chi connectivity index (χ0v) is 18.3. The molecule has 3 heterocycles. The molecule has 0 saturated heterocycles. The minimum Gasteiger partial charge on any atom is -0.462 e. The lowest BCUT2D eigenvalue weighted by atomic mass is 9.95. The van der Waals surface area contributed by atoms with Gasteiger partial charge in [-0.1, -0.05) is 29.8 Å². The molecular formula is C23H17N5O3S. The number of carbonyl (C=O) groups excluding carboxylic acids is 1. The molecule has 4 aromatic rings. The average molecular weight is 443 g/mol. The van der Waals surface area contributed by atoms with E-state index in [9.17, 15) is 20.1 Å². The fraction of sp³-hybridized carbons (Fsp3) is 0.174. The third-order valence-electron chi connectivity index (χ3n) is 5.17. The van der Waals surface area contributed by atoms with Crippen LogP contribution in [0.3, 0.4) is 0 Å². The molecule has 0 unspecified atom stereocenters. The van der Waals surface area contributed by atoms with E-state index in [1.54, 1.807) is 26.0 Å². The molecule has 0 fully saturated rings. The Labute approximate surface area is 186 Å². The summed E-state index contributed by atoms with van der Waals surface area (Å²) in [7, 11) is 0. The van der Waals surface area contributed by atoms with Gasteiger partial charge < -0.3 is 10.5 Å². The molecule has 0 atom stereocenters. The number of fused-ring (bicyclic) bond motifs is 3. The summed E-state index contributed by atoms with van der Waals surface area (Å²) >= 11 is 1.16. The van der Waals surface area contributed by atoms with Gasteiger partial charge in [0.15, 0.2) is 5.65 Å². The minimum atomic E-state index is -0.664. The van der Waals surface area contributed by atoms with Crippen LogP contribution in [-0.2, 0) is 4.74 Å². The van der Waals surface area contributed by atoms with Crippen molar-refractivity contribution in [1.82, 2.24) is 9.38 Å². The average Bonchev–Trinajstić information content (AvgIpc) is 3.11. The topological polar surface area (TPSA) is 134 Å². The molecule has 3 aromatic heterocycles. The number of hydrogen-bond acceptors (Lipinski definition) is 8. The molecule has 0 aliphatic rings. The number of benzene rings is 1. The number of rotatable bonds is 3. The van der Waals surface area contributed by atoms with Gasteiger partial charge in [0.2, 0.25) is 0 Å². The van der Waals surface area contributed by atoms with Crippen molar-refractivity contribution >= 4 is 39.0 Å². The van der Waals surface area contributed by atoms with Gasteiger partial charge in [-0.3, -0.25) is 9.20 Å². The molecule has 8 nitrogen and oxygen atoms in total. The van der Waals surface area contributed by atoms with Crippen molar-refractivity contribution < 1.29 is 9.53 Å². The highest BCUT2D eigenvalue weighted by molar-refractivity contribution is 7.19. The molecule has 0 amide bonds. The van der Waals surface area contributed by atoms with Crippen LogP contribution in [0.5, 0.6) is 0 Å². The van der Waals surface area contributed by atoms with Gasteiger partial charge in [0.25, 0.3) is 5.56 Å². The number of thiophene rings is 1. The van der Waals surface area contributed by atoms with Gasteiger partial charge in [-0.2, -0.15) is 15.5 Å². The summed E-state index contributed by atoms with van der Waals surface area (Å²) in [4.78, 5) is 30.5. The van der Waals surface area contributed by atoms with Crippen LogP contribution in [0, 0.1) is 36.5 Å². The number of hydrogen-bond donors (Lipinski definition) is 1. The van der Waals surface area contributed by atoms with Gasteiger partial charge in [0, 0.05) is 10.4 Å². The van der Waals surface area contributed by atoms with E-state index in [1.165, 1.54) is 4.40 Å². The first kappa shape index (κ1) is 21.0. The molecule has 32 heavy (non-hydrogen) atoms. The first-order chi connectivity index (χ1) is 15.3. The standard InChI is InChI=1S/C23H17N5O3S/c1-4-31-23(30)16-12(3)32-22-18(16)21(29)27-20-15(10-25)17(13-7-5-11(2)6-8-13)14(9-24)19(26)28(20)22/h5-8H,4,26H2,1-3H3. The maximum absolute atomic E-state index is 13.0. The second-order valence-corrected chi connectivity index (χ2v) is 8.31. The van der Waals surface area contributed by atoms with Crippen LogP contribution >= 0.6 is 11.3 Å². The highest BCUT2D eigenvalue weighted by Crippen LogP contribution is 2.37. The van der Waals surface area contributed by atoms with Crippen LogP contribution in [0.2, 0.25) is 0 Å². The van der Waals surface area contributed by atoms with Crippen LogP contribution < -0.4 is 11.3 Å². The van der Waals surface area contributed by atoms with Gasteiger partial charge in [-0.05, 0) is 26.3 Å². The molecule has 2 N–H and O–H groups in total. The molecule has 0 saturated carbocycles. The molecule has 0 spiro atoms. The summed E-state index contributed by atoms with van der Waals surface area (Å²) in [6, 6.07) is 11.5. The molecule has 0 radical (unpaired) electrons. The highest BCUT2D eigenvalue weighted by Gasteiger charge is 2.27. The number of carbonyl (C=O) groups is 1. The van der Waals surface area contributed by atoms with Crippen LogP contribution in [0.15, 0.2) is 29.1 Å². The number of nitrogens with zero attached hydrogens (tertiary/aromatic N) is 4. The number of pyridine rings is 1. The highest BCUT2D eigenvalue weighted by atomic mass is 32.1. The van der Waals surface area contributed by atoms with Crippen molar-refractivity contribution in [2.45, 2.75) is 20.8 Å². The molecule has 4 rings (SSSR count). The maximum Gasteiger partial charge on any atom is 0.340 e. The Morgan fingerprint density at radius 1 is 1.19 bits per heavy atom. The lowest BCUT2D eigenvalue weighted by Crippen LogP contribution is -2.17. The summed E-state index contributed by atoms with van der Waals surface area (Å²) < 4.78 is 6.51. The Balaban J connectivity index is 2.22. The molecule has 1 aromatic carbocycles. The zero-order valence-electron chi connectivity index (χ0n) is 17.5. The second-order valence-electron chi connectivity index (χ2n) is 7.11. The van der Waals surface area contributed by atoms with Gasteiger partial charge in [0.05, 0.1) is 17.6 Å². The van der Waals surface area contributed by atoms with Crippen molar-refractivity contribution in [2.75, 3.05) is 12.3 Å². The number of esters is 1. The van der Waals surface area contributed by atoms with Crippen LogP contribution in [0.4, 0.5) is 5.82 Å². The Bertz CT molecular complexity index is 1570. The first-order valence-corrected chi connectivity index (χ1v) is 10.5. The summed E-state index contributed by atoms with van der Waals surface area (Å²) in [5, 5.41) is 20.0. The van der Waals surface area contributed by atoms with Gasteiger partial charge in [-0.25, -0.2) is 4.79 Å². The molecule has 9 heteroatoms. The van der Waals surface area contributed by atoms with E-state index in [1.807, 2.05) is 19.1 Å². The Kier molecular flexibility index (Phi) is 5.13. The number of anilines is 1. The third-order valence-corrected chi connectivity index (χ3v) is 6.26. The Morgan fingerprint density at radius 2 is 1.84 bits per heavy atom. The van der Waals surface area contributed by atoms with Gasteiger partial charge in [-0.15, -0.1) is 11.3 Å². The summed E-state index contributed by atoms with van der Waals surface area (Å²) in [6.07, 6.45) is 0. The SMILES string of the molecule is CCOC(=O)c1c(C)sc2c1c(=O)nc1c(C#N)c(-c3ccc(C)cc3)c(C#N)c(N)n12. The second kappa shape index (κ2) is 7.80. The van der Waals surface area contributed by atoms with Crippen molar-refractivity contribution in [3.05, 3.63) is 61.8 Å². The number of aryl methyl sites for hydroxylation is 2. The van der Waals surface area contributed by atoms with E-state index in [4.69, 9.17) is 10.5 Å². The largest absolute Gasteiger partial charge is 0.462 e. The van der Waals surface area contributed by atoms with E-state index >= 15 is 0 Å². The summed E-state index contributed by atoms with van der Waals surface area (Å²) in [6.45, 7) is 5.44. The van der Waals surface area contributed by atoms with Crippen molar-refractivity contribution in [3.63, 3.8) is 0 Å². The van der Waals surface area contributed by atoms with Crippen molar-refractivity contribution in [2.24, 2.45) is 0 Å². The van der Waals surface area contributed by atoms with E-state index in [-0.39, 0.29) is 40.1 Å². The van der Waals surface area contributed by atoms with Gasteiger partial charge >= 0.3 is 5.97 Å². The number of aromatic nitrogens is 2. The Morgan fingerprint density at radius 3 is 2.44 bits per heavy atom. The quantitative estimate of drug-likeness (QED) is 0.477. The summed E-state index contributed by atoms with van der Waals surface area (Å²) in [5.41, 5.74) is 7.99. The predicted molar refractivity (Wildman–Crippen MR) is 122 cm³/mol. The zero-order chi connectivity index (χ0) is 23.2. The van der Waals surface area contributed by atoms with E-state index in [0.29, 0.717) is 20.8 Å². The van der Waals surface area contributed by atoms with Crippen molar-refractivity contribution in [3.8, 4) is 23.3 Å². The monoisotopic (exact) mass is 443 g/mol. The molecular weight excluding hydrogens is 426 g/mol. The molecule has 0 aliphatic carbocycles. The first-order valence-electron chi connectivity index (χ1n) is 9.69. The number of nitriles is 2. The number of nitrogens with two attached hydrogens (primary N) is 1. The minimum absolute atomic E-state index is 0.0335. The van der Waals surface area contributed by atoms with Crippen LogP contribution in [-0.4, -0.2) is 22.0 Å². The molecule has 158 valence electrons. The van der Waals surface area contributed by atoms with Gasteiger partial charge in [0.1, 0.15) is 33.9 Å². The van der Waals surface area contributed by atoms with Crippen LogP contribution in [0.25, 0.3) is 27.0 Å². The molecule has 0 aliphatic heterocycles. The van der Waals surface area contributed by atoms with Crippen LogP contribution in [0.1, 0.15) is 38.8 Å². The van der Waals surface area contributed by atoms with E-state index in [2.05, 4.69) is 17.1 Å². The molecule has 0 bridgehead atoms. The third kappa shape index (κ3) is 2.99. The van der Waals surface area contributed by atoms with E-state index in [0.717, 1.165) is 16.9 Å². The van der Waals surface area contributed by atoms with Crippen molar-refractivity contribution in [1.29, 1.82) is 10.5 Å². The normalized spacial score (nSPS) is 10.8. The lowest BCUT2D eigenvalue weighted by Gasteiger charge is -2.15. The number of ether oxygens (including phenoxy) is 1. The lowest BCUT2D eigenvalue weighted by molar-refractivity contribution is 0.0528. The fourth-order valence-electron chi connectivity index (χ4n) is 3.73. The van der Waals surface area contributed by atoms with E-state index < -0.39 is 11.5 Å². The fourth-order valence-corrected chi connectivity index (χ4v) is 4.87. The summed E-state index contributed by atoms with van der Waals surface area (Å²) in [5.74, 6) is -0.600. The Hall–Kier alpha value is -4.21. The smallest absolute Gasteiger partial charge is 0.340 e.